The Morgan fingerprint density at radius 3 is 2.38 bits per heavy atom. The maximum absolute atomic E-state index is 3.57. The molecular formula is C14H30N2. The second-order valence-corrected chi connectivity index (χ2v) is 6.35. The number of hydrogen-bond donors (Lipinski definition) is 1. The predicted molar refractivity (Wildman–Crippen MR) is 71.8 cm³/mol. The fourth-order valence-corrected chi connectivity index (χ4v) is 2.09. The Morgan fingerprint density at radius 1 is 1.31 bits per heavy atom. The molecule has 0 heterocycles. The van der Waals surface area contributed by atoms with E-state index < -0.39 is 0 Å². The van der Waals surface area contributed by atoms with E-state index in [-0.39, 0.29) is 5.54 Å². The number of nitrogens with zero attached hydrogens (tertiary/aromatic N) is 1. The maximum atomic E-state index is 3.57. The second-order valence-electron chi connectivity index (χ2n) is 6.35. The van der Waals surface area contributed by atoms with Crippen LogP contribution in [0.5, 0.6) is 0 Å². The van der Waals surface area contributed by atoms with Crippen LogP contribution in [0.2, 0.25) is 0 Å². The summed E-state index contributed by atoms with van der Waals surface area (Å²) in [4.78, 5) is 2.64. The van der Waals surface area contributed by atoms with Crippen molar-refractivity contribution in [3.05, 3.63) is 0 Å². The Balaban J connectivity index is 2.17. The van der Waals surface area contributed by atoms with E-state index in [0.717, 1.165) is 18.5 Å². The van der Waals surface area contributed by atoms with Gasteiger partial charge in [0, 0.05) is 18.1 Å². The summed E-state index contributed by atoms with van der Waals surface area (Å²) in [6, 6.07) is 0.723. The van der Waals surface area contributed by atoms with Crippen molar-refractivity contribution in [1.29, 1.82) is 0 Å². The van der Waals surface area contributed by atoms with Crippen LogP contribution in [0.15, 0.2) is 0 Å². The highest BCUT2D eigenvalue weighted by atomic mass is 15.2. The van der Waals surface area contributed by atoms with Crippen LogP contribution in [-0.2, 0) is 0 Å². The zero-order valence-corrected chi connectivity index (χ0v) is 11.8. The maximum Gasteiger partial charge on any atom is 0.00965 e. The van der Waals surface area contributed by atoms with Crippen molar-refractivity contribution in [2.45, 2.75) is 65.5 Å². The molecule has 1 atom stereocenters. The first kappa shape index (κ1) is 14.0. The Morgan fingerprint density at radius 2 is 1.94 bits per heavy atom. The van der Waals surface area contributed by atoms with Crippen molar-refractivity contribution < 1.29 is 0 Å². The predicted octanol–water partition coefficient (Wildman–Crippen LogP) is 2.89. The zero-order valence-electron chi connectivity index (χ0n) is 11.8. The van der Waals surface area contributed by atoms with E-state index in [2.05, 4.69) is 44.8 Å². The summed E-state index contributed by atoms with van der Waals surface area (Å²) in [6.07, 6.45) is 4.19. The van der Waals surface area contributed by atoms with Crippen LogP contribution >= 0.6 is 0 Å². The molecule has 0 aromatic rings. The fraction of sp³-hybridized carbons (Fsp3) is 1.00. The van der Waals surface area contributed by atoms with Gasteiger partial charge in [-0.3, -0.25) is 0 Å². The highest BCUT2D eigenvalue weighted by Gasteiger charge is 2.25. The lowest BCUT2D eigenvalue weighted by molar-refractivity contribution is 0.197. The van der Waals surface area contributed by atoms with Crippen molar-refractivity contribution in [3.8, 4) is 0 Å². The first-order chi connectivity index (χ1) is 7.42. The van der Waals surface area contributed by atoms with E-state index in [4.69, 9.17) is 0 Å². The molecule has 1 aliphatic rings. The zero-order chi connectivity index (χ0) is 12.2. The average molecular weight is 226 g/mol. The fourth-order valence-electron chi connectivity index (χ4n) is 2.09. The third-order valence-electron chi connectivity index (χ3n) is 3.44. The van der Waals surface area contributed by atoms with Gasteiger partial charge in [0.15, 0.2) is 0 Å². The van der Waals surface area contributed by atoms with Crippen LogP contribution in [0.4, 0.5) is 0 Å². The number of hydrogen-bond acceptors (Lipinski definition) is 2. The largest absolute Gasteiger partial charge is 0.312 e. The lowest BCUT2D eigenvalue weighted by atomic mass is 10.1. The summed E-state index contributed by atoms with van der Waals surface area (Å²) >= 11 is 0. The van der Waals surface area contributed by atoms with Gasteiger partial charge in [-0.25, -0.2) is 0 Å². The molecule has 0 aliphatic heterocycles. The van der Waals surface area contributed by atoms with Gasteiger partial charge in [0.2, 0.25) is 0 Å². The van der Waals surface area contributed by atoms with Gasteiger partial charge in [-0.2, -0.15) is 0 Å². The lowest BCUT2D eigenvalue weighted by Gasteiger charge is -2.29. The molecule has 0 amide bonds. The van der Waals surface area contributed by atoms with Gasteiger partial charge in [0.05, 0.1) is 0 Å². The minimum absolute atomic E-state index is 0.257. The molecule has 0 bridgehead atoms. The third kappa shape index (κ3) is 5.86. The first-order valence-electron chi connectivity index (χ1n) is 6.91. The molecule has 2 nitrogen and oxygen atoms in total. The molecule has 1 N–H and O–H groups in total. The van der Waals surface area contributed by atoms with Crippen molar-refractivity contribution in [2.24, 2.45) is 5.92 Å². The summed E-state index contributed by atoms with van der Waals surface area (Å²) in [7, 11) is 0. The van der Waals surface area contributed by atoms with E-state index in [9.17, 15) is 0 Å². The van der Waals surface area contributed by atoms with Crippen LogP contribution in [0, 0.1) is 5.92 Å². The normalized spacial score (nSPS) is 19.1. The van der Waals surface area contributed by atoms with Crippen molar-refractivity contribution in [2.75, 3.05) is 19.6 Å². The molecule has 0 spiro atoms. The van der Waals surface area contributed by atoms with E-state index in [1.165, 1.54) is 32.4 Å². The van der Waals surface area contributed by atoms with Crippen LogP contribution in [0.1, 0.15) is 53.9 Å². The number of rotatable bonds is 7. The topological polar surface area (TPSA) is 15.3 Å². The van der Waals surface area contributed by atoms with Gasteiger partial charge in [-0.15, -0.1) is 0 Å². The van der Waals surface area contributed by atoms with Gasteiger partial charge in [-0.05, 0) is 66.0 Å². The smallest absolute Gasteiger partial charge is 0.00965 e. The summed E-state index contributed by atoms with van der Waals surface area (Å²) in [5.41, 5.74) is 0.257. The van der Waals surface area contributed by atoms with Gasteiger partial charge < -0.3 is 10.2 Å². The molecule has 1 fully saturated rings. The molecule has 1 rings (SSSR count). The van der Waals surface area contributed by atoms with Gasteiger partial charge in [-0.1, -0.05) is 6.92 Å². The summed E-state index contributed by atoms with van der Waals surface area (Å²) in [5.74, 6) is 1.01. The van der Waals surface area contributed by atoms with E-state index >= 15 is 0 Å². The average Bonchev–Trinajstić information content (AvgIpc) is 2.95. The van der Waals surface area contributed by atoms with E-state index in [1.807, 2.05) is 0 Å². The second kappa shape index (κ2) is 6.02. The molecule has 0 saturated heterocycles. The Labute approximate surface area is 102 Å². The Bertz CT molecular complexity index is 191. The Kier molecular flexibility index (Phi) is 5.26. The summed E-state index contributed by atoms with van der Waals surface area (Å²) in [5, 5.41) is 3.57. The van der Waals surface area contributed by atoms with Crippen molar-refractivity contribution in [1.82, 2.24) is 10.2 Å². The first-order valence-corrected chi connectivity index (χ1v) is 6.91. The van der Waals surface area contributed by atoms with Crippen LogP contribution < -0.4 is 5.32 Å². The highest BCUT2D eigenvalue weighted by molar-refractivity contribution is 4.80. The minimum Gasteiger partial charge on any atom is -0.312 e. The third-order valence-corrected chi connectivity index (χ3v) is 3.44. The molecule has 16 heavy (non-hydrogen) atoms. The van der Waals surface area contributed by atoms with Crippen LogP contribution in [0.25, 0.3) is 0 Å². The molecule has 1 saturated carbocycles. The van der Waals surface area contributed by atoms with Gasteiger partial charge >= 0.3 is 0 Å². The van der Waals surface area contributed by atoms with Gasteiger partial charge in [0.1, 0.15) is 0 Å². The monoisotopic (exact) mass is 226 g/mol. The molecule has 0 radical (unpaired) electrons. The minimum atomic E-state index is 0.257. The highest BCUT2D eigenvalue weighted by Crippen LogP contribution is 2.30. The Hall–Kier alpha value is -0.0800. The van der Waals surface area contributed by atoms with E-state index in [0.29, 0.717) is 0 Å². The van der Waals surface area contributed by atoms with Crippen LogP contribution in [-0.4, -0.2) is 36.1 Å². The van der Waals surface area contributed by atoms with Crippen LogP contribution in [0.3, 0.4) is 0 Å². The molecule has 1 aliphatic carbocycles. The molecular weight excluding hydrogens is 196 g/mol. The standard InChI is InChI=1S/C14H30N2/c1-6-16(11-13-7-8-13)12(2)9-10-15-14(3,4)5/h12-13,15H,6-11H2,1-5H3. The summed E-state index contributed by atoms with van der Waals surface area (Å²) in [6.45, 7) is 15.0. The van der Waals surface area contributed by atoms with Gasteiger partial charge in [0.25, 0.3) is 0 Å². The van der Waals surface area contributed by atoms with Crippen molar-refractivity contribution in [3.63, 3.8) is 0 Å². The molecule has 2 heteroatoms. The molecule has 0 aromatic carbocycles. The quantitative estimate of drug-likeness (QED) is 0.718. The summed E-state index contributed by atoms with van der Waals surface area (Å²) < 4.78 is 0. The molecule has 0 aromatic heterocycles. The van der Waals surface area contributed by atoms with Crippen molar-refractivity contribution >= 4 is 0 Å². The number of nitrogens with one attached hydrogen (secondary N) is 1. The lowest BCUT2D eigenvalue weighted by Crippen LogP contribution is -2.41. The SMILES string of the molecule is CCN(CC1CC1)C(C)CCNC(C)(C)C. The molecule has 1 unspecified atom stereocenters. The van der Waals surface area contributed by atoms with E-state index in [1.54, 1.807) is 0 Å². The molecule has 96 valence electrons.